The fourth-order valence-electron chi connectivity index (χ4n) is 1.12. The summed E-state index contributed by atoms with van der Waals surface area (Å²) in [5.41, 5.74) is 5.44. The highest BCUT2D eigenvalue weighted by molar-refractivity contribution is 5.92. The van der Waals surface area contributed by atoms with Gasteiger partial charge in [0.05, 0.1) is 13.5 Å². The van der Waals surface area contributed by atoms with Crippen LogP contribution in [0.1, 0.15) is 22.3 Å². The molecule has 5 nitrogen and oxygen atoms in total. The first-order chi connectivity index (χ1) is 8.04. The monoisotopic (exact) mass is 233 g/mol. The van der Waals surface area contributed by atoms with E-state index in [0.717, 1.165) is 0 Å². The average Bonchev–Trinajstić information content (AvgIpc) is 2.30. The van der Waals surface area contributed by atoms with Gasteiger partial charge in [-0.25, -0.2) is 4.79 Å². The van der Waals surface area contributed by atoms with Crippen molar-refractivity contribution in [3.8, 4) is 17.6 Å². The van der Waals surface area contributed by atoms with Crippen LogP contribution in [0.5, 0.6) is 5.75 Å². The highest BCUT2D eigenvalue weighted by Crippen LogP contribution is 2.18. The standard InChI is InChI=1S/C12H11NO4/c1-17-12(16)9-7-8(5-6-10(9)14)3-2-4-11(13)15/h5-7,14H,4H2,1H3,(H2,13,15). The smallest absolute Gasteiger partial charge is 0.341 e. The van der Waals surface area contributed by atoms with Crippen LogP contribution in [0.2, 0.25) is 0 Å². The third-order valence-electron chi connectivity index (χ3n) is 1.90. The van der Waals surface area contributed by atoms with Crippen LogP contribution < -0.4 is 5.73 Å². The van der Waals surface area contributed by atoms with E-state index in [1.807, 2.05) is 0 Å². The van der Waals surface area contributed by atoms with Crippen molar-refractivity contribution >= 4 is 11.9 Å². The van der Waals surface area contributed by atoms with Crippen molar-refractivity contribution in [1.29, 1.82) is 0 Å². The summed E-state index contributed by atoms with van der Waals surface area (Å²) >= 11 is 0. The van der Waals surface area contributed by atoms with Crippen LogP contribution in [-0.2, 0) is 9.53 Å². The molecule has 0 fully saturated rings. The van der Waals surface area contributed by atoms with Gasteiger partial charge in [-0.15, -0.1) is 0 Å². The lowest BCUT2D eigenvalue weighted by Crippen LogP contribution is -2.08. The molecule has 0 unspecified atom stereocenters. The highest BCUT2D eigenvalue weighted by atomic mass is 16.5. The zero-order valence-corrected chi connectivity index (χ0v) is 9.19. The Morgan fingerprint density at radius 1 is 1.47 bits per heavy atom. The number of carbonyl (C=O) groups excluding carboxylic acids is 2. The van der Waals surface area contributed by atoms with Crippen LogP contribution in [-0.4, -0.2) is 24.1 Å². The van der Waals surface area contributed by atoms with E-state index in [1.54, 1.807) is 0 Å². The highest BCUT2D eigenvalue weighted by Gasteiger charge is 2.11. The summed E-state index contributed by atoms with van der Waals surface area (Å²) in [7, 11) is 1.22. The molecule has 88 valence electrons. The summed E-state index contributed by atoms with van der Waals surface area (Å²) < 4.78 is 4.49. The van der Waals surface area contributed by atoms with Crippen LogP contribution in [0, 0.1) is 11.8 Å². The van der Waals surface area contributed by atoms with E-state index in [4.69, 9.17) is 5.73 Å². The van der Waals surface area contributed by atoms with Gasteiger partial charge in [-0.3, -0.25) is 4.79 Å². The minimum Gasteiger partial charge on any atom is -0.507 e. The van der Waals surface area contributed by atoms with Gasteiger partial charge in [0.15, 0.2) is 0 Å². The second-order valence-electron chi connectivity index (χ2n) is 3.17. The molecule has 1 aromatic rings. The number of phenols is 1. The number of carbonyl (C=O) groups is 2. The number of esters is 1. The van der Waals surface area contributed by atoms with Crippen molar-refractivity contribution in [1.82, 2.24) is 0 Å². The molecule has 17 heavy (non-hydrogen) atoms. The Morgan fingerprint density at radius 3 is 2.76 bits per heavy atom. The van der Waals surface area contributed by atoms with Gasteiger partial charge in [-0.05, 0) is 18.2 Å². The predicted octanol–water partition coefficient (Wildman–Crippen LogP) is 0.406. The number of nitrogens with two attached hydrogens (primary N) is 1. The topological polar surface area (TPSA) is 89.6 Å². The third-order valence-corrected chi connectivity index (χ3v) is 1.90. The van der Waals surface area contributed by atoms with E-state index in [0.29, 0.717) is 5.56 Å². The molecular formula is C12H11NO4. The number of hydrogen-bond donors (Lipinski definition) is 2. The summed E-state index contributed by atoms with van der Waals surface area (Å²) in [5, 5.41) is 9.43. The Bertz CT molecular complexity index is 511. The first-order valence-electron chi connectivity index (χ1n) is 4.73. The van der Waals surface area contributed by atoms with Crippen LogP contribution in [0.15, 0.2) is 18.2 Å². The summed E-state index contributed by atoms with van der Waals surface area (Å²) in [4.78, 5) is 21.7. The number of methoxy groups -OCH3 is 1. The van der Waals surface area contributed by atoms with Crippen LogP contribution in [0.4, 0.5) is 0 Å². The summed E-state index contributed by atoms with van der Waals surface area (Å²) in [6.07, 6.45) is -0.0611. The van der Waals surface area contributed by atoms with Crippen LogP contribution in [0.3, 0.4) is 0 Å². The second-order valence-corrected chi connectivity index (χ2v) is 3.17. The third kappa shape index (κ3) is 3.54. The predicted molar refractivity (Wildman–Crippen MR) is 60.1 cm³/mol. The average molecular weight is 233 g/mol. The first-order valence-corrected chi connectivity index (χ1v) is 4.73. The number of primary amides is 1. The zero-order valence-electron chi connectivity index (χ0n) is 9.19. The molecule has 3 N–H and O–H groups in total. The largest absolute Gasteiger partial charge is 0.507 e. The van der Waals surface area contributed by atoms with Gasteiger partial charge in [0.2, 0.25) is 5.91 Å². The quantitative estimate of drug-likeness (QED) is 0.571. The molecule has 0 spiro atoms. The minimum atomic E-state index is -0.652. The normalized spacial score (nSPS) is 9.00. The molecule has 0 saturated carbocycles. The van der Waals surface area contributed by atoms with Gasteiger partial charge in [0.1, 0.15) is 11.3 Å². The van der Waals surface area contributed by atoms with Gasteiger partial charge in [0.25, 0.3) is 0 Å². The summed E-state index contributed by atoms with van der Waals surface area (Å²) in [5.74, 6) is 3.84. The molecule has 1 amide bonds. The number of phenolic OH excluding ortho intramolecular Hbond substituents is 1. The number of ether oxygens (including phenoxy) is 1. The van der Waals surface area contributed by atoms with E-state index in [1.165, 1.54) is 25.3 Å². The van der Waals surface area contributed by atoms with Gasteiger partial charge in [-0.1, -0.05) is 11.8 Å². The Hall–Kier alpha value is -2.48. The summed E-state index contributed by atoms with van der Waals surface area (Å²) in [6.45, 7) is 0. The molecule has 1 rings (SSSR count). The maximum Gasteiger partial charge on any atom is 0.341 e. The van der Waals surface area contributed by atoms with Crippen LogP contribution in [0.25, 0.3) is 0 Å². The molecule has 0 bridgehead atoms. The van der Waals surface area contributed by atoms with Crippen molar-refractivity contribution < 1.29 is 19.4 Å². The molecule has 0 aliphatic carbocycles. The summed E-state index contributed by atoms with van der Waals surface area (Å²) in [6, 6.07) is 4.24. The number of benzene rings is 1. The lowest BCUT2D eigenvalue weighted by molar-refractivity contribution is -0.117. The number of rotatable bonds is 2. The molecule has 0 radical (unpaired) electrons. The molecule has 5 heteroatoms. The van der Waals surface area contributed by atoms with E-state index < -0.39 is 11.9 Å². The van der Waals surface area contributed by atoms with Crippen molar-refractivity contribution in [2.75, 3.05) is 7.11 Å². The van der Waals surface area contributed by atoms with E-state index in [2.05, 4.69) is 16.6 Å². The fraction of sp³-hybridized carbons (Fsp3) is 0.167. The van der Waals surface area contributed by atoms with Crippen molar-refractivity contribution in [2.24, 2.45) is 5.73 Å². The van der Waals surface area contributed by atoms with Crippen LogP contribution >= 0.6 is 0 Å². The van der Waals surface area contributed by atoms with Gasteiger partial charge in [-0.2, -0.15) is 0 Å². The SMILES string of the molecule is COC(=O)c1cc(C#CCC(N)=O)ccc1O. The lowest BCUT2D eigenvalue weighted by Gasteiger charge is -2.02. The van der Waals surface area contributed by atoms with Gasteiger partial charge >= 0.3 is 5.97 Å². The van der Waals surface area contributed by atoms with Crippen molar-refractivity contribution in [2.45, 2.75) is 6.42 Å². The molecule has 0 aliphatic rings. The van der Waals surface area contributed by atoms with Crippen molar-refractivity contribution in [3.63, 3.8) is 0 Å². The van der Waals surface area contributed by atoms with Gasteiger partial charge < -0.3 is 15.6 Å². The number of aromatic hydroxyl groups is 1. The van der Waals surface area contributed by atoms with E-state index >= 15 is 0 Å². The Kier molecular flexibility index (Phi) is 4.12. The van der Waals surface area contributed by atoms with E-state index in [-0.39, 0.29) is 17.7 Å². The fourth-order valence-corrected chi connectivity index (χ4v) is 1.12. The van der Waals surface area contributed by atoms with Gasteiger partial charge in [0, 0.05) is 5.56 Å². The maximum absolute atomic E-state index is 11.3. The lowest BCUT2D eigenvalue weighted by atomic mass is 10.1. The molecule has 0 atom stereocenters. The molecule has 0 aromatic heterocycles. The molecule has 0 heterocycles. The molecule has 1 aromatic carbocycles. The number of hydrogen-bond acceptors (Lipinski definition) is 4. The number of amides is 1. The Balaban J connectivity index is 2.99. The second kappa shape index (κ2) is 5.56. The minimum absolute atomic E-state index is 0.0263. The maximum atomic E-state index is 11.3. The molecular weight excluding hydrogens is 222 g/mol. The molecule has 0 aliphatic heterocycles. The van der Waals surface area contributed by atoms with E-state index in [9.17, 15) is 14.7 Å². The van der Waals surface area contributed by atoms with Crippen molar-refractivity contribution in [3.05, 3.63) is 29.3 Å². The Morgan fingerprint density at radius 2 is 2.18 bits per heavy atom. The first kappa shape index (κ1) is 12.6. The zero-order chi connectivity index (χ0) is 12.8. The Labute approximate surface area is 98.2 Å². The molecule has 0 saturated heterocycles.